The minimum Gasteiger partial charge on any atom is -0.376 e. The number of para-hydroxylation sites is 1. The molecule has 2 aromatic carbocycles. The van der Waals surface area contributed by atoms with Gasteiger partial charge in [-0.05, 0) is 30.5 Å². The zero-order chi connectivity index (χ0) is 20.1. The number of carbonyl (C=O) groups excluding carboxylic acids is 1. The molecule has 2 heterocycles. The highest BCUT2D eigenvalue weighted by molar-refractivity contribution is 7.99. The number of nitrogens with zero attached hydrogens (tertiary/aromatic N) is 2. The van der Waals surface area contributed by atoms with Crippen LogP contribution >= 0.6 is 11.8 Å². The lowest BCUT2D eigenvalue weighted by molar-refractivity contribution is -0.119. The van der Waals surface area contributed by atoms with Crippen molar-refractivity contribution in [3.05, 3.63) is 70.5 Å². The Morgan fingerprint density at radius 2 is 1.97 bits per heavy atom. The third-order valence-corrected chi connectivity index (χ3v) is 5.87. The summed E-state index contributed by atoms with van der Waals surface area (Å²) in [6.45, 7) is 1.71. The number of ether oxygens (including phenoxy) is 1. The summed E-state index contributed by atoms with van der Waals surface area (Å²) in [6.07, 6.45) is 2.14. The maximum atomic E-state index is 13.1. The molecular formula is C22H23N3O3S. The highest BCUT2D eigenvalue weighted by Gasteiger charge is 2.17. The number of thioether (sulfide) groups is 1. The SMILES string of the molecule is O=C(CSc1nc2ccccc2c(=O)n1Cc1ccccc1)NC[C@H]1CCCO1. The van der Waals surface area contributed by atoms with Crippen molar-refractivity contribution in [3.8, 4) is 0 Å². The molecule has 150 valence electrons. The molecule has 1 N–H and O–H groups in total. The fourth-order valence-corrected chi connectivity index (χ4v) is 4.21. The number of aromatic nitrogens is 2. The molecule has 1 aliphatic rings. The topological polar surface area (TPSA) is 73.2 Å². The predicted molar refractivity (Wildman–Crippen MR) is 114 cm³/mol. The summed E-state index contributed by atoms with van der Waals surface area (Å²) in [5.41, 5.74) is 1.56. The van der Waals surface area contributed by atoms with Crippen LogP contribution in [0.1, 0.15) is 18.4 Å². The Hall–Kier alpha value is -2.64. The lowest BCUT2D eigenvalue weighted by Crippen LogP contribution is -2.33. The lowest BCUT2D eigenvalue weighted by Gasteiger charge is -2.14. The number of rotatable bonds is 7. The molecule has 0 spiro atoms. The molecule has 1 saturated heterocycles. The molecule has 1 aromatic heterocycles. The number of nitrogens with one attached hydrogen (secondary N) is 1. The quantitative estimate of drug-likeness (QED) is 0.480. The van der Waals surface area contributed by atoms with Crippen molar-refractivity contribution in [2.45, 2.75) is 30.6 Å². The minimum absolute atomic E-state index is 0.0841. The van der Waals surface area contributed by atoms with Crippen molar-refractivity contribution in [1.82, 2.24) is 14.9 Å². The van der Waals surface area contributed by atoms with E-state index in [4.69, 9.17) is 4.74 Å². The summed E-state index contributed by atoms with van der Waals surface area (Å²) >= 11 is 1.28. The van der Waals surface area contributed by atoms with Crippen LogP contribution in [0.15, 0.2) is 64.5 Å². The highest BCUT2D eigenvalue weighted by atomic mass is 32.2. The van der Waals surface area contributed by atoms with Gasteiger partial charge in [0.25, 0.3) is 5.56 Å². The van der Waals surface area contributed by atoms with Gasteiger partial charge in [0, 0.05) is 13.2 Å². The van der Waals surface area contributed by atoms with Crippen LogP contribution in [0.5, 0.6) is 0 Å². The predicted octanol–water partition coefficient (Wildman–Crippen LogP) is 2.83. The molecule has 0 saturated carbocycles. The number of fused-ring (bicyclic) bond motifs is 1. The van der Waals surface area contributed by atoms with E-state index in [0.29, 0.717) is 29.1 Å². The Morgan fingerprint density at radius 1 is 1.17 bits per heavy atom. The molecule has 0 bridgehead atoms. The van der Waals surface area contributed by atoms with Crippen LogP contribution < -0.4 is 10.9 Å². The van der Waals surface area contributed by atoms with E-state index in [2.05, 4.69) is 10.3 Å². The van der Waals surface area contributed by atoms with Crippen molar-refractivity contribution in [1.29, 1.82) is 0 Å². The molecule has 1 atom stereocenters. The molecule has 0 radical (unpaired) electrons. The van der Waals surface area contributed by atoms with E-state index < -0.39 is 0 Å². The van der Waals surface area contributed by atoms with E-state index in [1.807, 2.05) is 48.5 Å². The van der Waals surface area contributed by atoms with Crippen LogP contribution in [0.3, 0.4) is 0 Å². The molecule has 0 unspecified atom stereocenters. The van der Waals surface area contributed by atoms with Crippen molar-refractivity contribution in [2.24, 2.45) is 0 Å². The van der Waals surface area contributed by atoms with E-state index in [1.165, 1.54) is 11.8 Å². The summed E-state index contributed by atoms with van der Waals surface area (Å²) in [5, 5.41) is 4.04. The van der Waals surface area contributed by atoms with E-state index in [1.54, 1.807) is 10.6 Å². The van der Waals surface area contributed by atoms with Gasteiger partial charge in [-0.25, -0.2) is 4.98 Å². The van der Waals surface area contributed by atoms with Crippen molar-refractivity contribution in [3.63, 3.8) is 0 Å². The first kappa shape index (κ1) is 19.7. The average molecular weight is 410 g/mol. The molecule has 6 nitrogen and oxygen atoms in total. The van der Waals surface area contributed by atoms with Crippen LogP contribution in [0.2, 0.25) is 0 Å². The Balaban J connectivity index is 1.54. The van der Waals surface area contributed by atoms with Gasteiger partial charge in [0.2, 0.25) is 5.91 Å². The molecule has 0 aliphatic carbocycles. The fraction of sp³-hybridized carbons (Fsp3) is 0.318. The van der Waals surface area contributed by atoms with Crippen LogP contribution in [0.4, 0.5) is 0 Å². The smallest absolute Gasteiger partial charge is 0.262 e. The monoisotopic (exact) mass is 409 g/mol. The molecule has 1 fully saturated rings. The Kier molecular flexibility index (Phi) is 6.27. The number of benzene rings is 2. The van der Waals surface area contributed by atoms with Crippen LogP contribution in [0, 0.1) is 0 Å². The largest absolute Gasteiger partial charge is 0.376 e. The van der Waals surface area contributed by atoms with Crippen LogP contribution in [-0.4, -0.2) is 40.5 Å². The average Bonchev–Trinajstić information content (AvgIpc) is 3.27. The fourth-order valence-electron chi connectivity index (χ4n) is 3.38. The van der Waals surface area contributed by atoms with E-state index in [-0.39, 0.29) is 23.3 Å². The standard InChI is InChI=1S/C22H23N3O3S/c26-20(23-13-17-9-6-12-28-17)15-29-22-24-19-11-5-4-10-18(19)21(27)25(22)14-16-7-2-1-3-8-16/h1-5,7-8,10-11,17H,6,9,12-15H2,(H,23,26)/t17-/m1/s1. The number of hydrogen-bond acceptors (Lipinski definition) is 5. The first-order valence-corrected chi connectivity index (χ1v) is 10.7. The molecule has 29 heavy (non-hydrogen) atoms. The molecule has 1 amide bonds. The zero-order valence-corrected chi connectivity index (χ0v) is 16.9. The second-order valence-corrected chi connectivity index (χ2v) is 7.96. The van der Waals surface area contributed by atoms with Crippen molar-refractivity contribution in [2.75, 3.05) is 18.9 Å². The van der Waals surface area contributed by atoms with E-state index in [0.717, 1.165) is 25.0 Å². The van der Waals surface area contributed by atoms with E-state index in [9.17, 15) is 9.59 Å². The highest BCUT2D eigenvalue weighted by Crippen LogP contribution is 2.19. The third-order valence-electron chi connectivity index (χ3n) is 4.89. The van der Waals surface area contributed by atoms with Gasteiger partial charge in [-0.15, -0.1) is 0 Å². The molecule has 4 rings (SSSR count). The summed E-state index contributed by atoms with van der Waals surface area (Å²) in [6, 6.07) is 17.1. The lowest BCUT2D eigenvalue weighted by atomic mass is 10.2. The van der Waals surface area contributed by atoms with E-state index >= 15 is 0 Å². The van der Waals surface area contributed by atoms with Gasteiger partial charge in [0.1, 0.15) is 0 Å². The summed E-state index contributed by atoms with van der Waals surface area (Å²) in [7, 11) is 0. The number of carbonyl (C=O) groups is 1. The maximum Gasteiger partial charge on any atom is 0.262 e. The van der Waals surface area contributed by atoms with Gasteiger partial charge in [-0.2, -0.15) is 0 Å². The Morgan fingerprint density at radius 3 is 2.76 bits per heavy atom. The van der Waals surface area contributed by atoms with Gasteiger partial charge in [-0.1, -0.05) is 54.2 Å². The van der Waals surface area contributed by atoms with Gasteiger partial charge in [0.15, 0.2) is 5.16 Å². The molecule has 7 heteroatoms. The van der Waals surface area contributed by atoms with Gasteiger partial charge < -0.3 is 10.1 Å². The summed E-state index contributed by atoms with van der Waals surface area (Å²) in [4.78, 5) is 30.0. The normalized spacial score (nSPS) is 16.2. The summed E-state index contributed by atoms with van der Waals surface area (Å²) < 4.78 is 7.18. The molecular weight excluding hydrogens is 386 g/mol. The van der Waals surface area contributed by atoms with Crippen molar-refractivity contribution < 1.29 is 9.53 Å². The Bertz CT molecular complexity index is 1050. The Labute approximate surface area is 173 Å². The van der Waals surface area contributed by atoms with Gasteiger partial charge in [0.05, 0.1) is 29.3 Å². The van der Waals surface area contributed by atoms with Gasteiger partial charge in [-0.3, -0.25) is 14.2 Å². The van der Waals surface area contributed by atoms with Gasteiger partial charge >= 0.3 is 0 Å². The number of hydrogen-bond donors (Lipinski definition) is 1. The third kappa shape index (κ3) is 4.86. The minimum atomic E-state index is -0.0956. The molecule has 3 aromatic rings. The second kappa shape index (κ2) is 9.24. The number of amides is 1. The zero-order valence-electron chi connectivity index (χ0n) is 16.0. The second-order valence-electron chi connectivity index (χ2n) is 7.02. The summed E-state index contributed by atoms with van der Waals surface area (Å²) in [5.74, 6) is 0.117. The van der Waals surface area contributed by atoms with Crippen molar-refractivity contribution >= 4 is 28.6 Å². The van der Waals surface area contributed by atoms with Crippen LogP contribution in [0.25, 0.3) is 10.9 Å². The first-order valence-electron chi connectivity index (χ1n) is 9.75. The van der Waals surface area contributed by atoms with Crippen LogP contribution in [-0.2, 0) is 16.1 Å². The first-order chi connectivity index (χ1) is 14.2. The molecule has 1 aliphatic heterocycles. The maximum absolute atomic E-state index is 13.1.